The van der Waals surface area contributed by atoms with Crippen LogP contribution in [-0.2, 0) is 9.59 Å². The number of benzene rings is 1. The summed E-state index contributed by atoms with van der Waals surface area (Å²) in [5.74, 6) is 1.19. The molecule has 0 unspecified atom stereocenters. The van der Waals surface area contributed by atoms with E-state index in [2.05, 4.69) is 0 Å². The summed E-state index contributed by atoms with van der Waals surface area (Å²) >= 11 is 1.87. The summed E-state index contributed by atoms with van der Waals surface area (Å²) in [4.78, 5) is 27.9. The highest BCUT2D eigenvalue weighted by Crippen LogP contribution is 2.44. The number of likely N-dealkylation sites (tertiary alicyclic amines) is 1. The maximum atomic E-state index is 12.7. The van der Waals surface area contributed by atoms with E-state index in [1.165, 1.54) is 0 Å². The normalized spacial score (nSPS) is 20.4. The Bertz CT molecular complexity index is 607. The van der Waals surface area contributed by atoms with Crippen LogP contribution in [0.3, 0.4) is 0 Å². The number of piperidine rings is 1. The number of carbonyl (C=O) groups is 2. The zero-order valence-electron chi connectivity index (χ0n) is 13.4. The highest BCUT2D eigenvalue weighted by Gasteiger charge is 2.45. The second-order valence-corrected chi connectivity index (χ2v) is 7.49. The Morgan fingerprint density at radius 3 is 2.48 bits per heavy atom. The molecule has 2 aliphatic heterocycles. The maximum Gasteiger partial charge on any atom is 0.247 e. The molecular weight excluding hydrogens is 308 g/mol. The predicted octanol–water partition coefficient (Wildman–Crippen LogP) is 2.61. The van der Waals surface area contributed by atoms with Gasteiger partial charge in [-0.2, -0.15) is 0 Å². The zero-order chi connectivity index (χ0) is 16.3. The van der Waals surface area contributed by atoms with Crippen LogP contribution in [0.1, 0.15) is 25.3 Å². The van der Waals surface area contributed by atoms with Gasteiger partial charge in [0.1, 0.15) is 0 Å². The predicted molar refractivity (Wildman–Crippen MR) is 93.9 cm³/mol. The summed E-state index contributed by atoms with van der Waals surface area (Å²) in [6.45, 7) is 3.90. The number of thioether (sulfide) groups is 1. The molecular formula is C18H22N2O2S. The van der Waals surface area contributed by atoms with Crippen molar-refractivity contribution in [3.63, 3.8) is 0 Å². The molecule has 0 N–H and O–H groups in total. The highest BCUT2D eigenvalue weighted by atomic mass is 32.2. The van der Waals surface area contributed by atoms with Gasteiger partial charge in [-0.25, -0.2) is 0 Å². The molecule has 2 fully saturated rings. The number of carbonyl (C=O) groups excluding carboxylic acids is 2. The van der Waals surface area contributed by atoms with Gasteiger partial charge in [-0.1, -0.05) is 30.3 Å². The smallest absolute Gasteiger partial charge is 0.247 e. The number of hydrogen-bond donors (Lipinski definition) is 0. The molecule has 2 saturated heterocycles. The Labute approximate surface area is 141 Å². The lowest BCUT2D eigenvalue weighted by molar-refractivity contribution is -0.133. The van der Waals surface area contributed by atoms with E-state index in [0.717, 1.165) is 43.8 Å². The second-order valence-electron chi connectivity index (χ2n) is 6.03. The third-order valence-corrected chi connectivity index (χ3v) is 6.20. The monoisotopic (exact) mass is 330 g/mol. The van der Waals surface area contributed by atoms with Crippen LogP contribution < -0.4 is 0 Å². The lowest BCUT2D eigenvalue weighted by atomic mass is 10.0. The van der Waals surface area contributed by atoms with Crippen LogP contribution in [-0.4, -0.2) is 51.9 Å². The van der Waals surface area contributed by atoms with E-state index >= 15 is 0 Å². The second kappa shape index (κ2) is 6.79. The average Bonchev–Trinajstić information content (AvgIpc) is 2.97. The molecule has 2 amide bonds. The van der Waals surface area contributed by atoms with E-state index in [1.807, 2.05) is 58.0 Å². The van der Waals surface area contributed by atoms with Crippen molar-refractivity contribution in [2.75, 3.05) is 25.4 Å². The SMILES string of the molecule is CC(=O)N1CCC2(CC1)SCCN2C(=O)/C=C/c1ccccc1. The zero-order valence-corrected chi connectivity index (χ0v) is 14.2. The van der Waals surface area contributed by atoms with E-state index in [0.29, 0.717) is 0 Å². The van der Waals surface area contributed by atoms with Crippen molar-refractivity contribution in [2.24, 2.45) is 0 Å². The molecule has 0 aliphatic carbocycles. The van der Waals surface area contributed by atoms with E-state index in [9.17, 15) is 9.59 Å². The molecule has 2 aliphatic rings. The fraction of sp³-hybridized carbons (Fsp3) is 0.444. The van der Waals surface area contributed by atoms with Gasteiger partial charge in [0.15, 0.2) is 0 Å². The molecule has 0 saturated carbocycles. The lowest BCUT2D eigenvalue weighted by Crippen LogP contribution is -2.53. The first-order valence-corrected chi connectivity index (χ1v) is 9.03. The first-order valence-electron chi connectivity index (χ1n) is 8.05. The molecule has 2 heterocycles. The average molecular weight is 330 g/mol. The molecule has 0 radical (unpaired) electrons. The van der Waals surface area contributed by atoms with E-state index in [1.54, 1.807) is 13.0 Å². The molecule has 122 valence electrons. The van der Waals surface area contributed by atoms with Gasteiger partial charge in [-0.15, -0.1) is 11.8 Å². The quantitative estimate of drug-likeness (QED) is 0.783. The Kier molecular flexibility index (Phi) is 4.76. The molecule has 3 rings (SSSR count). The molecule has 1 aromatic rings. The van der Waals surface area contributed by atoms with Gasteiger partial charge >= 0.3 is 0 Å². The van der Waals surface area contributed by atoms with Crippen molar-refractivity contribution >= 4 is 29.7 Å². The lowest BCUT2D eigenvalue weighted by Gasteiger charge is -2.43. The van der Waals surface area contributed by atoms with E-state index in [-0.39, 0.29) is 16.7 Å². The van der Waals surface area contributed by atoms with Gasteiger partial charge in [-0.3, -0.25) is 9.59 Å². The van der Waals surface area contributed by atoms with E-state index in [4.69, 9.17) is 0 Å². The van der Waals surface area contributed by atoms with Crippen LogP contribution >= 0.6 is 11.8 Å². The summed E-state index contributed by atoms with van der Waals surface area (Å²) in [6, 6.07) is 9.88. The van der Waals surface area contributed by atoms with Gasteiger partial charge in [0.05, 0.1) is 4.87 Å². The third kappa shape index (κ3) is 3.44. The minimum absolute atomic E-state index is 0.0788. The maximum absolute atomic E-state index is 12.7. The summed E-state index contributed by atoms with van der Waals surface area (Å²) < 4.78 is 0. The van der Waals surface area contributed by atoms with Crippen molar-refractivity contribution in [1.29, 1.82) is 0 Å². The highest BCUT2D eigenvalue weighted by molar-refractivity contribution is 8.00. The summed E-state index contributed by atoms with van der Waals surface area (Å²) in [7, 11) is 0. The molecule has 0 atom stereocenters. The molecule has 23 heavy (non-hydrogen) atoms. The fourth-order valence-electron chi connectivity index (χ4n) is 3.33. The summed E-state index contributed by atoms with van der Waals surface area (Å²) in [5.41, 5.74) is 1.04. The molecule has 1 spiro atoms. The standard InChI is InChI=1S/C18H22N2O2S/c1-15(21)19-11-9-18(10-12-19)20(13-14-23-18)17(22)8-7-16-5-3-2-4-6-16/h2-8H,9-14H2,1H3/b8-7+. The van der Waals surface area contributed by atoms with Crippen molar-refractivity contribution in [2.45, 2.75) is 24.6 Å². The van der Waals surface area contributed by atoms with Crippen LogP contribution in [0, 0.1) is 0 Å². The Balaban J connectivity index is 1.68. The van der Waals surface area contributed by atoms with Crippen LogP contribution in [0.25, 0.3) is 6.08 Å². The Morgan fingerprint density at radius 2 is 1.83 bits per heavy atom. The van der Waals surface area contributed by atoms with Gasteiger partial charge < -0.3 is 9.80 Å². The van der Waals surface area contributed by atoms with Crippen LogP contribution in [0.15, 0.2) is 36.4 Å². The van der Waals surface area contributed by atoms with Crippen molar-refractivity contribution < 1.29 is 9.59 Å². The number of amides is 2. The van der Waals surface area contributed by atoms with Crippen molar-refractivity contribution in [1.82, 2.24) is 9.80 Å². The van der Waals surface area contributed by atoms with Crippen molar-refractivity contribution in [3.8, 4) is 0 Å². The first kappa shape index (κ1) is 16.1. The van der Waals surface area contributed by atoms with Crippen LogP contribution in [0.5, 0.6) is 0 Å². The number of nitrogens with zero attached hydrogens (tertiary/aromatic N) is 2. The molecule has 1 aromatic carbocycles. The van der Waals surface area contributed by atoms with Gasteiger partial charge in [0, 0.05) is 38.4 Å². The first-order chi connectivity index (χ1) is 11.1. The molecule has 0 bridgehead atoms. The number of rotatable bonds is 2. The summed E-state index contributed by atoms with van der Waals surface area (Å²) in [6.07, 6.45) is 5.29. The number of hydrogen-bond acceptors (Lipinski definition) is 3. The molecule has 4 nitrogen and oxygen atoms in total. The Morgan fingerprint density at radius 1 is 1.13 bits per heavy atom. The topological polar surface area (TPSA) is 40.6 Å². The molecule has 5 heteroatoms. The van der Waals surface area contributed by atoms with Gasteiger partial charge in [0.25, 0.3) is 0 Å². The van der Waals surface area contributed by atoms with Gasteiger partial charge in [0.2, 0.25) is 11.8 Å². The Hall–Kier alpha value is -1.75. The fourth-order valence-corrected chi connectivity index (χ4v) is 4.79. The van der Waals surface area contributed by atoms with E-state index < -0.39 is 0 Å². The minimum Gasteiger partial charge on any atom is -0.343 e. The van der Waals surface area contributed by atoms with Gasteiger partial charge in [-0.05, 0) is 24.5 Å². The van der Waals surface area contributed by atoms with Crippen LogP contribution in [0.2, 0.25) is 0 Å². The minimum atomic E-state index is -0.121. The molecule has 0 aromatic heterocycles. The summed E-state index contributed by atoms with van der Waals surface area (Å²) in [5, 5.41) is 0. The largest absolute Gasteiger partial charge is 0.343 e. The van der Waals surface area contributed by atoms with Crippen LogP contribution in [0.4, 0.5) is 0 Å². The van der Waals surface area contributed by atoms with Crippen molar-refractivity contribution in [3.05, 3.63) is 42.0 Å². The third-order valence-electron chi connectivity index (χ3n) is 4.65.